The highest BCUT2D eigenvalue weighted by Crippen LogP contribution is 2.22. The normalized spacial score (nSPS) is 20.3. The molecule has 0 saturated carbocycles. The van der Waals surface area contributed by atoms with Crippen LogP contribution >= 0.6 is 0 Å². The minimum Gasteiger partial charge on any atom is -0.369 e. The first-order valence-corrected chi connectivity index (χ1v) is 10.7. The zero-order valence-electron chi connectivity index (χ0n) is 17.4. The van der Waals surface area contributed by atoms with Gasteiger partial charge in [0.25, 0.3) is 5.91 Å². The Labute approximate surface area is 177 Å². The van der Waals surface area contributed by atoms with Crippen molar-refractivity contribution in [2.45, 2.75) is 25.8 Å². The number of nitrogens with zero attached hydrogens (tertiary/aromatic N) is 3. The van der Waals surface area contributed by atoms with Crippen molar-refractivity contribution in [3.8, 4) is 0 Å². The number of hydrogen-bond acceptors (Lipinski definition) is 4. The van der Waals surface area contributed by atoms with Crippen LogP contribution in [0.15, 0.2) is 48.5 Å². The quantitative estimate of drug-likeness (QED) is 0.726. The summed E-state index contributed by atoms with van der Waals surface area (Å²) in [5.41, 5.74) is 2.33. The molecular formula is C24H28FN3O2. The summed E-state index contributed by atoms with van der Waals surface area (Å²) in [6, 6.07) is 14.0. The van der Waals surface area contributed by atoms with Crippen molar-refractivity contribution in [1.82, 2.24) is 9.80 Å². The molecule has 0 aromatic heterocycles. The third-order valence-electron chi connectivity index (χ3n) is 6.24. The average molecular weight is 410 g/mol. The van der Waals surface area contributed by atoms with E-state index in [9.17, 15) is 14.0 Å². The number of likely N-dealkylation sites (tertiary alicyclic amines) is 1. The van der Waals surface area contributed by atoms with E-state index in [0.717, 1.165) is 57.8 Å². The molecule has 6 heteroatoms. The number of piperazine rings is 1. The van der Waals surface area contributed by atoms with Gasteiger partial charge in [0.05, 0.1) is 0 Å². The van der Waals surface area contributed by atoms with E-state index < -0.39 is 0 Å². The fourth-order valence-electron chi connectivity index (χ4n) is 4.46. The van der Waals surface area contributed by atoms with Gasteiger partial charge in [-0.2, -0.15) is 0 Å². The topological polar surface area (TPSA) is 43.9 Å². The number of rotatable bonds is 4. The van der Waals surface area contributed by atoms with Gasteiger partial charge in [0.1, 0.15) is 5.82 Å². The van der Waals surface area contributed by atoms with Crippen LogP contribution < -0.4 is 4.90 Å². The van der Waals surface area contributed by atoms with Crippen molar-refractivity contribution in [2.75, 3.05) is 44.2 Å². The standard InChI is InChI=1S/C24H28FN3O2/c1-18(29)19-4-6-20(7-5-19)24(30)28-12-2-3-23(17-28)27-15-13-26(14-16-27)22-10-8-21(25)9-11-22/h4-11,23H,2-3,12-17H2,1H3. The second-order valence-electron chi connectivity index (χ2n) is 8.18. The third kappa shape index (κ3) is 4.54. The zero-order valence-corrected chi connectivity index (χ0v) is 17.4. The van der Waals surface area contributed by atoms with Gasteiger partial charge in [0.15, 0.2) is 5.78 Å². The molecule has 158 valence electrons. The summed E-state index contributed by atoms with van der Waals surface area (Å²) in [5, 5.41) is 0. The highest BCUT2D eigenvalue weighted by atomic mass is 19.1. The summed E-state index contributed by atoms with van der Waals surface area (Å²) in [5.74, 6) is -0.160. The van der Waals surface area contributed by atoms with Crippen molar-refractivity contribution >= 4 is 17.4 Å². The van der Waals surface area contributed by atoms with Crippen LogP contribution in [0.25, 0.3) is 0 Å². The van der Waals surface area contributed by atoms with Gasteiger partial charge in [0, 0.05) is 62.1 Å². The number of hydrogen-bond donors (Lipinski definition) is 0. The van der Waals surface area contributed by atoms with E-state index >= 15 is 0 Å². The first kappa shape index (κ1) is 20.5. The minimum atomic E-state index is -0.208. The van der Waals surface area contributed by atoms with Gasteiger partial charge in [-0.3, -0.25) is 14.5 Å². The second-order valence-corrected chi connectivity index (χ2v) is 8.18. The van der Waals surface area contributed by atoms with Gasteiger partial charge in [0.2, 0.25) is 0 Å². The number of anilines is 1. The van der Waals surface area contributed by atoms with Crippen molar-refractivity contribution < 1.29 is 14.0 Å². The smallest absolute Gasteiger partial charge is 0.253 e. The summed E-state index contributed by atoms with van der Waals surface area (Å²) in [7, 11) is 0. The Morgan fingerprint density at radius 1 is 0.867 bits per heavy atom. The van der Waals surface area contributed by atoms with Gasteiger partial charge >= 0.3 is 0 Å². The summed E-state index contributed by atoms with van der Waals surface area (Å²) >= 11 is 0. The molecule has 1 amide bonds. The molecule has 4 rings (SSSR count). The van der Waals surface area contributed by atoms with E-state index in [-0.39, 0.29) is 17.5 Å². The maximum Gasteiger partial charge on any atom is 0.253 e. The monoisotopic (exact) mass is 409 g/mol. The Balaban J connectivity index is 1.34. The molecule has 1 unspecified atom stereocenters. The van der Waals surface area contributed by atoms with E-state index in [1.165, 1.54) is 19.1 Å². The molecule has 1 atom stereocenters. The number of halogens is 1. The molecule has 2 aromatic carbocycles. The Bertz CT molecular complexity index is 890. The Hall–Kier alpha value is -2.73. The highest BCUT2D eigenvalue weighted by Gasteiger charge is 2.30. The summed E-state index contributed by atoms with van der Waals surface area (Å²) < 4.78 is 13.2. The molecule has 0 aliphatic carbocycles. The van der Waals surface area contributed by atoms with Crippen LogP contribution in [0.1, 0.15) is 40.5 Å². The number of ketones is 1. The molecule has 2 aliphatic rings. The average Bonchev–Trinajstić information content (AvgIpc) is 2.79. The highest BCUT2D eigenvalue weighted by molar-refractivity contribution is 5.97. The van der Waals surface area contributed by atoms with E-state index in [2.05, 4.69) is 9.80 Å². The Kier molecular flexibility index (Phi) is 6.13. The van der Waals surface area contributed by atoms with Crippen LogP contribution in [-0.4, -0.2) is 66.8 Å². The Morgan fingerprint density at radius 2 is 1.50 bits per heavy atom. The lowest BCUT2D eigenvalue weighted by Gasteiger charge is -2.44. The lowest BCUT2D eigenvalue weighted by atomic mass is 10.0. The third-order valence-corrected chi connectivity index (χ3v) is 6.24. The lowest BCUT2D eigenvalue weighted by molar-refractivity contribution is 0.0563. The van der Waals surface area contributed by atoms with E-state index in [1.54, 1.807) is 24.3 Å². The molecular weight excluding hydrogens is 381 g/mol. The van der Waals surface area contributed by atoms with Gasteiger partial charge in [-0.15, -0.1) is 0 Å². The van der Waals surface area contributed by atoms with Gasteiger partial charge < -0.3 is 9.80 Å². The maximum absolute atomic E-state index is 13.2. The molecule has 0 radical (unpaired) electrons. The first-order chi connectivity index (χ1) is 14.5. The summed E-state index contributed by atoms with van der Waals surface area (Å²) in [6.45, 7) is 6.74. The van der Waals surface area contributed by atoms with E-state index in [4.69, 9.17) is 0 Å². The lowest BCUT2D eigenvalue weighted by Crippen LogP contribution is -2.55. The minimum absolute atomic E-state index is 0.00631. The first-order valence-electron chi connectivity index (χ1n) is 10.7. The Morgan fingerprint density at radius 3 is 2.13 bits per heavy atom. The largest absolute Gasteiger partial charge is 0.369 e. The van der Waals surface area contributed by atoms with Crippen LogP contribution in [-0.2, 0) is 0 Å². The molecule has 2 heterocycles. The molecule has 2 aromatic rings. The molecule has 2 saturated heterocycles. The molecule has 0 N–H and O–H groups in total. The van der Waals surface area contributed by atoms with Crippen LogP contribution in [0, 0.1) is 5.82 Å². The second kappa shape index (κ2) is 8.96. The van der Waals surface area contributed by atoms with E-state index in [1.807, 2.05) is 17.0 Å². The SMILES string of the molecule is CC(=O)c1ccc(C(=O)N2CCCC(N3CCN(c4ccc(F)cc4)CC3)C2)cc1. The summed E-state index contributed by atoms with van der Waals surface area (Å²) in [6.07, 6.45) is 2.10. The van der Waals surface area contributed by atoms with Crippen molar-refractivity contribution in [2.24, 2.45) is 0 Å². The molecule has 0 bridgehead atoms. The maximum atomic E-state index is 13.2. The van der Waals surface area contributed by atoms with Crippen LogP contribution in [0.5, 0.6) is 0 Å². The molecule has 2 aliphatic heterocycles. The van der Waals surface area contributed by atoms with Crippen molar-refractivity contribution in [3.63, 3.8) is 0 Å². The predicted molar refractivity (Wildman–Crippen MR) is 116 cm³/mol. The fourth-order valence-corrected chi connectivity index (χ4v) is 4.46. The summed E-state index contributed by atoms with van der Waals surface area (Å²) in [4.78, 5) is 31.1. The van der Waals surface area contributed by atoms with Crippen LogP contribution in [0.2, 0.25) is 0 Å². The molecule has 0 spiro atoms. The number of carbonyl (C=O) groups is 2. The fraction of sp³-hybridized carbons (Fsp3) is 0.417. The number of Topliss-reactive ketones (excluding diaryl/α,β-unsaturated/α-hetero) is 1. The van der Waals surface area contributed by atoms with Crippen LogP contribution in [0.4, 0.5) is 10.1 Å². The van der Waals surface area contributed by atoms with Crippen molar-refractivity contribution in [3.05, 3.63) is 65.5 Å². The van der Waals surface area contributed by atoms with Gasteiger partial charge in [-0.25, -0.2) is 4.39 Å². The number of piperidine rings is 1. The van der Waals surface area contributed by atoms with Gasteiger partial charge in [-0.05, 0) is 56.2 Å². The predicted octanol–water partition coefficient (Wildman–Crippen LogP) is 3.46. The van der Waals surface area contributed by atoms with Crippen LogP contribution in [0.3, 0.4) is 0 Å². The number of carbonyl (C=O) groups excluding carboxylic acids is 2. The molecule has 30 heavy (non-hydrogen) atoms. The number of amides is 1. The van der Waals surface area contributed by atoms with E-state index in [0.29, 0.717) is 17.2 Å². The molecule has 2 fully saturated rings. The zero-order chi connectivity index (χ0) is 21.1. The molecule has 5 nitrogen and oxygen atoms in total. The van der Waals surface area contributed by atoms with Crippen molar-refractivity contribution in [1.29, 1.82) is 0 Å². The van der Waals surface area contributed by atoms with Gasteiger partial charge in [-0.1, -0.05) is 12.1 Å². The number of benzene rings is 2.